The highest BCUT2D eigenvalue weighted by molar-refractivity contribution is 5.89. The molecule has 1 N–H and O–H groups in total. The lowest BCUT2D eigenvalue weighted by Crippen LogP contribution is -2.36. The lowest BCUT2D eigenvalue weighted by molar-refractivity contribution is -0.143. The van der Waals surface area contributed by atoms with Crippen LogP contribution in [0.15, 0.2) is 30.3 Å². The molecule has 0 saturated carbocycles. The molecule has 5 nitrogen and oxygen atoms in total. The second kappa shape index (κ2) is 8.13. The van der Waals surface area contributed by atoms with Crippen LogP contribution in [-0.2, 0) is 9.53 Å². The molecular weight excluding hydrogens is 244 g/mol. The van der Waals surface area contributed by atoms with Crippen molar-refractivity contribution in [1.29, 1.82) is 0 Å². The Morgan fingerprint density at radius 3 is 2.47 bits per heavy atom. The van der Waals surface area contributed by atoms with Crippen molar-refractivity contribution in [2.24, 2.45) is 0 Å². The van der Waals surface area contributed by atoms with E-state index in [1.165, 1.54) is 0 Å². The van der Waals surface area contributed by atoms with Crippen LogP contribution >= 0.6 is 0 Å². The summed E-state index contributed by atoms with van der Waals surface area (Å²) in [5.41, 5.74) is 0.738. The average Bonchev–Trinajstić information content (AvgIpc) is 2.41. The Labute approximate surface area is 113 Å². The van der Waals surface area contributed by atoms with Gasteiger partial charge in [-0.25, -0.2) is 4.79 Å². The lowest BCUT2D eigenvalue weighted by atomic mass is 10.3. The summed E-state index contributed by atoms with van der Waals surface area (Å²) >= 11 is 0. The maximum Gasteiger partial charge on any atom is 0.321 e. The van der Waals surface area contributed by atoms with Gasteiger partial charge in [-0.2, -0.15) is 0 Å². The molecule has 19 heavy (non-hydrogen) atoms. The molecule has 1 aromatic rings. The number of carbonyl (C=O) groups excluding carboxylic acids is 2. The van der Waals surface area contributed by atoms with Gasteiger partial charge < -0.3 is 15.0 Å². The molecule has 0 heterocycles. The van der Waals surface area contributed by atoms with Crippen LogP contribution in [0.2, 0.25) is 0 Å². The van der Waals surface area contributed by atoms with Gasteiger partial charge in [0.05, 0.1) is 13.0 Å². The second-order valence-corrected chi connectivity index (χ2v) is 3.93. The van der Waals surface area contributed by atoms with Crippen molar-refractivity contribution in [3.63, 3.8) is 0 Å². The Bertz CT molecular complexity index is 406. The largest absolute Gasteiger partial charge is 0.466 e. The monoisotopic (exact) mass is 264 g/mol. The topological polar surface area (TPSA) is 58.6 Å². The Morgan fingerprint density at radius 1 is 1.21 bits per heavy atom. The van der Waals surface area contributed by atoms with E-state index in [9.17, 15) is 9.59 Å². The molecule has 0 aliphatic rings. The normalized spacial score (nSPS) is 9.79. The zero-order valence-corrected chi connectivity index (χ0v) is 11.4. The van der Waals surface area contributed by atoms with Crippen LogP contribution in [0.3, 0.4) is 0 Å². The number of nitrogens with zero attached hydrogens (tertiary/aromatic N) is 1. The Balaban J connectivity index is 2.46. The van der Waals surface area contributed by atoms with E-state index >= 15 is 0 Å². The van der Waals surface area contributed by atoms with Crippen molar-refractivity contribution in [1.82, 2.24) is 4.90 Å². The number of amides is 2. The van der Waals surface area contributed by atoms with Crippen LogP contribution < -0.4 is 5.32 Å². The van der Waals surface area contributed by atoms with Gasteiger partial charge in [-0.05, 0) is 26.0 Å². The summed E-state index contributed by atoms with van der Waals surface area (Å²) in [6.07, 6.45) is 0.212. The van der Waals surface area contributed by atoms with E-state index in [0.29, 0.717) is 19.7 Å². The van der Waals surface area contributed by atoms with Crippen LogP contribution in [-0.4, -0.2) is 36.6 Å². The summed E-state index contributed by atoms with van der Waals surface area (Å²) in [6.45, 7) is 4.89. The van der Waals surface area contributed by atoms with E-state index in [-0.39, 0.29) is 18.4 Å². The molecule has 0 atom stereocenters. The minimum atomic E-state index is -0.284. The molecule has 1 aromatic carbocycles. The van der Waals surface area contributed by atoms with Gasteiger partial charge in [0.15, 0.2) is 0 Å². The molecule has 1 rings (SSSR count). The summed E-state index contributed by atoms with van der Waals surface area (Å²) in [5.74, 6) is -0.284. The number of hydrogen-bond acceptors (Lipinski definition) is 3. The van der Waals surface area contributed by atoms with Crippen LogP contribution in [0.25, 0.3) is 0 Å². The number of ether oxygens (including phenoxy) is 1. The third kappa shape index (κ3) is 5.42. The first-order chi connectivity index (χ1) is 9.17. The lowest BCUT2D eigenvalue weighted by Gasteiger charge is -2.20. The summed E-state index contributed by atoms with van der Waals surface area (Å²) in [6, 6.07) is 9.01. The highest BCUT2D eigenvalue weighted by Gasteiger charge is 2.13. The van der Waals surface area contributed by atoms with Gasteiger partial charge in [-0.3, -0.25) is 4.79 Å². The number of carbonyl (C=O) groups is 2. The van der Waals surface area contributed by atoms with Crippen molar-refractivity contribution < 1.29 is 14.3 Å². The number of esters is 1. The second-order valence-electron chi connectivity index (χ2n) is 3.93. The zero-order chi connectivity index (χ0) is 14.1. The maximum atomic E-state index is 12.0. The van der Waals surface area contributed by atoms with Crippen LogP contribution in [0.5, 0.6) is 0 Å². The van der Waals surface area contributed by atoms with Gasteiger partial charge in [0.2, 0.25) is 0 Å². The highest BCUT2D eigenvalue weighted by Crippen LogP contribution is 2.07. The van der Waals surface area contributed by atoms with E-state index < -0.39 is 0 Å². The van der Waals surface area contributed by atoms with Gasteiger partial charge >= 0.3 is 12.0 Å². The molecule has 0 aliphatic heterocycles. The standard InChI is InChI=1S/C14H20N2O3/c1-3-16(11-10-13(17)19-4-2)14(18)15-12-8-6-5-7-9-12/h5-9H,3-4,10-11H2,1-2H3,(H,15,18). The summed E-state index contributed by atoms with van der Waals surface area (Å²) < 4.78 is 4.84. The SMILES string of the molecule is CCOC(=O)CCN(CC)C(=O)Nc1ccccc1. The van der Waals surface area contributed by atoms with Crippen LogP contribution in [0, 0.1) is 0 Å². The average molecular weight is 264 g/mol. The molecule has 5 heteroatoms. The van der Waals surface area contributed by atoms with E-state index in [2.05, 4.69) is 5.32 Å². The Morgan fingerprint density at radius 2 is 1.89 bits per heavy atom. The van der Waals surface area contributed by atoms with Gasteiger partial charge in [-0.1, -0.05) is 18.2 Å². The van der Waals surface area contributed by atoms with Crippen molar-refractivity contribution in [3.8, 4) is 0 Å². The van der Waals surface area contributed by atoms with Crippen molar-refractivity contribution >= 4 is 17.7 Å². The molecule has 0 bridgehead atoms. The van der Waals surface area contributed by atoms with Gasteiger partial charge in [0.1, 0.15) is 0 Å². The molecule has 0 radical (unpaired) electrons. The number of anilines is 1. The predicted molar refractivity (Wildman–Crippen MR) is 74.0 cm³/mol. The summed E-state index contributed by atoms with van der Waals surface area (Å²) in [7, 11) is 0. The van der Waals surface area contributed by atoms with Crippen LogP contribution in [0.4, 0.5) is 10.5 Å². The van der Waals surface area contributed by atoms with E-state index in [4.69, 9.17) is 4.74 Å². The summed E-state index contributed by atoms with van der Waals surface area (Å²) in [5, 5.41) is 2.78. The van der Waals surface area contributed by atoms with E-state index in [0.717, 1.165) is 5.69 Å². The minimum Gasteiger partial charge on any atom is -0.466 e. The Hall–Kier alpha value is -2.04. The highest BCUT2D eigenvalue weighted by atomic mass is 16.5. The van der Waals surface area contributed by atoms with Crippen molar-refractivity contribution in [3.05, 3.63) is 30.3 Å². The van der Waals surface area contributed by atoms with E-state index in [1.807, 2.05) is 37.3 Å². The van der Waals surface area contributed by atoms with Crippen molar-refractivity contribution in [2.75, 3.05) is 25.0 Å². The third-order valence-corrected chi connectivity index (χ3v) is 2.59. The van der Waals surface area contributed by atoms with E-state index in [1.54, 1.807) is 11.8 Å². The number of rotatable bonds is 6. The molecule has 0 aromatic heterocycles. The molecule has 0 spiro atoms. The maximum absolute atomic E-state index is 12.0. The number of para-hydroxylation sites is 1. The number of hydrogen-bond donors (Lipinski definition) is 1. The molecule has 0 saturated heterocycles. The third-order valence-electron chi connectivity index (χ3n) is 2.59. The number of nitrogens with one attached hydrogen (secondary N) is 1. The molecule has 2 amide bonds. The number of urea groups is 1. The van der Waals surface area contributed by atoms with Gasteiger partial charge in [-0.15, -0.1) is 0 Å². The predicted octanol–water partition coefficient (Wildman–Crippen LogP) is 2.49. The first-order valence-corrected chi connectivity index (χ1v) is 6.44. The van der Waals surface area contributed by atoms with Gasteiger partial charge in [0.25, 0.3) is 0 Å². The molecule has 0 unspecified atom stereocenters. The fourth-order valence-corrected chi connectivity index (χ4v) is 1.59. The van der Waals surface area contributed by atoms with Crippen molar-refractivity contribution in [2.45, 2.75) is 20.3 Å². The quantitative estimate of drug-likeness (QED) is 0.803. The smallest absolute Gasteiger partial charge is 0.321 e. The first-order valence-electron chi connectivity index (χ1n) is 6.44. The fraction of sp³-hybridized carbons (Fsp3) is 0.429. The van der Waals surface area contributed by atoms with Gasteiger partial charge in [0, 0.05) is 18.8 Å². The molecular formula is C14H20N2O3. The minimum absolute atomic E-state index is 0.210. The summed E-state index contributed by atoms with van der Waals surface area (Å²) in [4.78, 5) is 24.8. The first kappa shape index (κ1) is 15.0. The Kier molecular flexibility index (Phi) is 6.43. The number of benzene rings is 1. The van der Waals surface area contributed by atoms with Crippen LogP contribution in [0.1, 0.15) is 20.3 Å². The fourth-order valence-electron chi connectivity index (χ4n) is 1.59. The zero-order valence-electron chi connectivity index (χ0n) is 11.4. The molecule has 104 valence electrons. The molecule has 0 fully saturated rings. The molecule has 0 aliphatic carbocycles.